The van der Waals surface area contributed by atoms with Crippen LogP contribution in [-0.2, 0) is 4.79 Å². The average molecular weight is 411 g/mol. The van der Waals surface area contributed by atoms with Crippen molar-refractivity contribution in [2.75, 3.05) is 12.4 Å². The fourth-order valence-electron chi connectivity index (χ4n) is 3.63. The van der Waals surface area contributed by atoms with E-state index >= 15 is 0 Å². The first kappa shape index (κ1) is 19.5. The molecule has 2 heterocycles. The van der Waals surface area contributed by atoms with E-state index < -0.39 is 0 Å². The Morgan fingerprint density at radius 3 is 2.66 bits per heavy atom. The zero-order chi connectivity index (χ0) is 20.5. The minimum atomic E-state index is -0.304. The van der Waals surface area contributed by atoms with Gasteiger partial charge in [-0.1, -0.05) is 24.3 Å². The number of benzene rings is 2. The molecule has 0 saturated heterocycles. The maximum Gasteiger partial charge on any atom is 0.225 e. The minimum absolute atomic E-state index is 0.0300. The molecule has 0 spiro atoms. The molecule has 0 fully saturated rings. The molecule has 0 saturated carbocycles. The van der Waals surface area contributed by atoms with Crippen molar-refractivity contribution in [3.63, 3.8) is 0 Å². The molecule has 0 aliphatic carbocycles. The number of hydrogen-bond donors (Lipinski definition) is 1. The van der Waals surface area contributed by atoms with Gasteiger partial charge in [-0.25, -0.2) is 4.39 Å². The van der Waals surface area contributed by atoms with Crippen LogP contribution in [0.2, 0.25) is 0 Å². The van der Waals surface area contributed by atoms with Crippen LogP contribution in [0, 0.1) is 5.82 Å². The van der Waals surface area contributed by atoms with Gasteiger partial charge < -0.3 is 14.8 Å². The summed E-state index contributed by atoms with van der Waals surface area (Å²) in [6.45, 7) is 3.92. The van der Waals surface area contributed by atoms with E-state index in [0.717, 1.165) is 10.4 Å². The van der Waals surface area contributed by atoms with Gasteiger partial charge in [-0.2, -0.15) is 0 Å². The normalized spacial score (nSPS) is 15.8. The van der Waals surface area contributed by atoms with E-state index in [4.69, 9.17) is 9.47 Å². The van der Waals surface area contributed by atoms with Crippen molar-refractivity contribution >= 4 is 22.9 Å². The third-order valence-corrected chi connectivity index (χ3v) is 6.00. The average Bonchev–Trinajstić information content (AvgIpc) is 3.11. The number of thiophene rings is 1. The minimum Gasteiger partial charge on any atom is -0.493 e. The van der Waals surface area contributed by atoms with E-state index in [1.807, 2.05) is 37.4 Å². The van der Waals surface area contributed by atoms with Crippen molar-refractivity contribution in [3.05, 3.63) is 64.1 Å². The number of fused-ring (bicyclic) bond motifs is 1. The molecule has 4 nitrogen and oxygen atoms in total. The number of anilines is 1. The largest absolute Gasteiger partial charge is 0.493 e. The molecule has 1 N–H and O–H groups in total. The van der Waals surface area contributed by atoms with Gasteiger partial charge in [0.1, 0.15) is 5.82 Å². The SMILES string of the molecule is COc1cc(C2CC(=O)Nc3c(-c4ccccc4F)csc32)ccc1OC(C)C. The summed E-state index contributed by atoms with van der Waals surface area (Å²) in [7, 11) is 1.60. The lowest BCUT2D eigenvalue weighted by Crippen LogP contribution is -2.22. The predicted octanol–water partition coefficient (Wildman–Crippen LogP) is 5.82. The summed E-state index contributed by atoms with van der Waals surface area (Å²) >= 11 is 1.54. The van der Waals surface area contributed by atoms with Crippen LogP contribution >= 0.6 is 11.3 Å². The van der Waals surface area contributed by atoms with Crippen molar-refractivity contribution in [1.82, 2.24) is 0 Å². The van der Waals surface area contributed by atoms with Crippen LogP contribution in [0.5, 0.6) is 11.5 Å². The van der Waals surface area contributed by atoms with Gasteiger partial charge in [-0.15, -0.1) is 11.3 Å². The van der Waals surface area contributed by atoms with Crippen molar-refractivity contribution in [3.8, 4) is 22.6 Å². The Morgan fingerprint density at radius 1 is 1.14 bits per heavy atom. The van der Waals surface area contributed by atoms with Crippen LogP contribution in [0.1, 0.15) is 36.6 Å². The number of nitrogens with one attached hydrogen (secondary N) is 1. The number of rotatable bonds is 5. The van der Waals surface area contributed by atoms with Gasteiger partial charge in [0.05, 0.1) is 18.9 Å². The first-order valence-corrected chi connectivity index (χ1v) is 10.4. The van der Waals surface area contributed by atoms with Crippen molar-refractivity contribution in [2.45, 2.75) is 32.3 Å². The number of hydrogen-bond acceptors (Lipinski definition) is 4. The highest BCUT2D eigenvalue weighted by Gasteiger charge is 2.31. The zero-order valence-electron chi connectivity index (χ0n) is 16.5. The maximum atomic E-state index is 14.3. The first-order valence-electron chi connectivity index (χ1n) is 9.48. The van der Waals surface area contributed by atoms with Crippen LogP contribution in [0.4, 0.5) is 10.1 Å². The molecule has 0 radical (unpaired) electrons. The zero-order valence-corrected chi connectivity index (χ0v) is 17.3. The molecule has 0 bridgehead atoms. The quantitative estimate of drug-likeness (QED) is 0.575. The lowest BCUT2D eigenvalue weighted by atomic mass is 9.89. The molecular weight excluding hydrogens is 389 g/mol. The van der Waals surface area contributed by atoms with Crippen LogP contribution in [0.15, 0.2) is 47.8 Å². The van der Waals surface area contributed by atoms with E-state index in [9.17, 15) is 9.18 Å². The Kier molecular flexibility index (Phi) is 5.28. The Hall–Kier alpha value is -2.86. The fourth-order valence-corrected chi connectivity index (χ4v) is 4.78. The van der Waals surface area contributed by atoms with Crippen LogP contribution < -0.4 is 14.8 Å². The molecule has 6 heteroatoms. The van der Waals surface area contributed by atoms with Crippen molar-refractivity contribution in [1.29, 1.82) is 0 Å². The summed E-state index contributed by atoms with van der Waals surface area (Å²) in [5, 5.41) is 4.86. The molecule has 1 amide bonds. The lowest BCUT2D eigenvalue weighted by molar-refractivity contribution is -0.116. The monoisotopic (exact) mass is 411 g/mol. The number of amides is 1. The molecule has 29 heavy (non-hydrogen) atoms. The summed E-state index contributed by atoms with van der Waals surface area (Å²) in [5.74, 6) is 0.798. The smallest absolute Gasteiger partial charge is 0.225 e. The highest BCUT2D eigenvalue weighted by molar-refractivity contribution is 7.11. The second-order valence-electron chi connectivity index (χ2n) is 7.25. The second kappa shape index (κ2) is 7.87. The summed E-state index contributed by atoms with van der Waals surface area (Å²) in [5.41, 5.74) is 2.87. The molecule has 1 aliphatic heterocycles. The Bertz CT molecular complexity index is 1060. The van der Waals surface area contributed by atoms with Gasteiger partial charge in [-0.3, -0.25) is 4.79 Å². The number of halogens is 1. The first-order chi connectivity index (χ1) is 14.0. The molecule has 1 atom stereocenters. The molecule has 4 rings (SSSR count). The van der Waals surface area contributed by atoms with Gasteiger partial charge in [-0.05, 0) is 37.6 Å². The summed E-state index contributed by atoms with van der Waals surface area (Å²) < 4.78 is 25.7. The van der Waals surface area contributed by atoms with E-state index in [2.05, 4.69) is 5.32 Å². The van der Waals surface area contributed by atoms with E-state index in [-0.39, 0.29) is 23.7 Å². The summed E-state index contributed by atoms with van der Waals surface area (Å²) in [4.78, 5) is 13.5. The summed E-state index contributed by atoms with van der Waals surface area (Å²) in [6.07, 6.45) is 0.361. The predicted molar refractivity (Wildman–Crippen MR) is 114 cm³/mol. The Morgan fingerprint density at radius 2 is 1.93 bits per heavy atom. The van der Waals surface area contributed by atoms with Gasteiger partial charge >= 0.3 is 0 Å². The highest BCUT2D eigenvalue weighted by atomic mass is 32.1. The van der Waals surface area contributed by atoms with Gasteiger partial charge in [0.25, 0.3) is 0 Å². The number of ether oxygens (including phenoxy) is 2. The fraction of sp³-hybridized carbons (Fsp3) is 0.261. The molecule has 1 aliphatic rings. The molecule has 150 valence electrons. The number of carbonyl (C=O) groups excluding carboxylic acids is 1. The third-order valence-electron chi connectivity index (χ3n) is 4.91. The van der Waals surface area contributed by atoms with Crippen LogP contribution in [0.25, 0.3) is 11.1 Å². The standard InChI is InChI=1S/C23H22FNO3S/c1-13(2)28-19-9-8-14(10-20(19)27-3)16-11-21(26)25-22-17(12-29-23(16)22)15-6-4-5-7-18(15)24/h4-10,12-13,16H,11H2,1-3H3,(H,25,26). The van der Waals surface area contributed by atoms with E-state index in [1.165, 1.54) is 17.4 Å². The second-order valence-corrected chi connectivity index (χ2v) is 8.16. The van der Waals surface area contributed by atoms with Gasteiger partial charge in [0.15, 0.2) is 11.5 Å². The Balaban J connectivity index is 1.77. The van der Waals surface area contributed by atoms with Gasteiger partial charge in [0, 0.05) is 33.7 Å². The van der Waals surface area contributed by atoms with Crippen molar-refractivity contribution in [2.24, 2.45) is 0 Å². The number of methoxy groups -OCH3 is 1. The summed E-state index contributed by atoms with van der Waals surface area (Å²) in [6, 6.07) is 12.4. The molecular formula is C23H22FNO3S. The maximum absolute atomic E-state index is 14.3. The lowest BCUT2D eigenvalue weighted by Gasteiger charge is -2.25. The molecule has 3 aromatic rings. The third kappa shape index (κ3) is 3.72. The molecule has 1 aromatic heterocycles. The number of carbonyl (C=O) groups is 1. The van der Waals surface area contributed by atoms with Gasteiger partial charge in [0.2, 0.25) is 5.91 Å². The van der Waals surface area contributed by atoms with Crippen LogP contribution in [-0.4, -0.2) is 19.1 Å². The van der Waals surface area contributed by atoms with E-state index in [0.29, 0.717) is 34.7 Å². The molecule has 1 unspecified atom stereocenters. The van der Waals surface area contributed by atoms with Crippen LogP contribution in [0.3, 0.4) is 0 Å². The molecule has 2 aromatic carbocycles. The topological polar surface area (TPSA) is 47.6 Å². The van der Waals surface area contributed by atoms with E-state index in [1.54, 1.807) is 25.3 Å². The Labute approximate surface area is 173 Å². The highest BCUT2D eigenvalue weighted by Crippen LogP contribution is 2.48. The van der Waals surface area contributed by atoms with Crippen molar-refractivity contribution < 1.29 is 18.7 Å².